The van der Waals surface area contributed by atoms with Crippen molar-refractivity contribution in [3.05, 3.63) is 0 Å². The summed E-state index contributed by atoms with van der Waals surface area (Å²) in [6.07, 6.45) is 11.3. The summed E-state index contributed by atoms with van der Waals surface area (Å²) in [5.74, 6) is 0.982. The molecule has 0 aliphatic heterocycles. The summed E-state index contributed by atoms with van der Waals surface area (Å²) in [5.41, 5.74) is 0. The quantitative estimate of drug-likeness (QED) is 0.684. The minimum Gasteiger partial charge on any atom is -0.314 e. The van der Waals surface area contributed by atoms with Crippen LogP contribution in [0.3, 0.4) is 0 Å². The second-order valence-electron chi connectivity index (χ2n) is 4.75. The van der Waals surface area contributed by atoms with E-state index in [9.17, 15) is 0 Å². The van der Waals surface area contributed by atoms with E-state index in [-0.39, 0.29) is 0 Å². The zero-order valence-corrected chi connectivity index (χ0v) is 10.0. The molecule has 0 radical (unpaired) electrons. The molecule has 1 aliphatic carbocycles. The standard InChI is InChI=1S/C13H27N/c1-3-8-13(14-11-4-2)12-9-6-5-7-10-12/h12-14H,3-11H2,1-2H3. The highest BCUT2D eigenvalue weighted by atomic mass is 14.9. The molecule has 0 saturated heterocycles. The van der Waals surface area contributed by atoms with Gasteiger partial charge in [-0.1, -0.05) is 39.5 Å². The molecule has 1 heteroatoms. The van der Waals surface area contributed by atoms with Crippen LogP contribution in [-0.2, 0) is 0 Å². The van der Waals surface area contributed by atoms with Crippen molar-refractivity contribution in [3.8, 4) is 0 Å². The van der Waals surface area contributed by atoms with E-state index >= 15 is 0 Å². The lowest BCUT2D eigenvalue weighted by molar-refractivity contribution is 0.257. The van der Waals surface area contributed by atoms with Crippen molar-refractivity contribution in [1.29, 1.82) is 0 Å². The lowest BCUT2D eigenvalue weighted by atomic mass is 9.82. The van der Waals surface area contributed by atoms with E-state index in [1.165, 1.54) is 57.9 Å². The van der Waals surface area contributed by atoms with Gasteiger partial charge in [0.15, 0.2) is 0 Å². The molecule has 1 N–H and O–H groups in total. The Morgan fingerprint density at radius 3 is 2.36 bits per heavy atom. The van der Waals surface area contributed by atoms with Crippen molar-refractivity contribution >= 4 is 0 Å². The van der Waals surface area contributed by atoms with Gasteiger partial charge < -0.3 is 5.32 Å². The highest BCUT2D eigenvalue weighted by Crippen LogP contribution is 2.28. The maximum Gasteiger partial charge on any atom is 0.00952 e. The van der Waals surface area contributed by atoms with Crippen LogP contribution < -0.4 is 5.32 Å². The maximum absolute atomic E-state index is 3.74. The van der Waals surface area contributed by atoms with Crippen LogP contribution in [0, 0.1) is 5.92 Å². The van der Waals surface area contributed by atoms with Crippen LogP contribution in [0.2, 0.25) is 0 Å². The van der Waals surface area contributed by atoms with E-state index in [2.05, 4.69) is 19.2 Å². The monoisotopic (exact) mass is 197 g/mol. The topological polar surface area (TPSA) is 12.0 Å². The molecule has 0 spiro atoms. The van der Waals surface area contributed by atoms with Crippen molar-refractivity contribution in [2.45, 2.75) is 71.3 Å². The molecule has 0 amide bonds. The second-order valence-corrected chi connectivity index (χ2v) is 4.75. The van der Waals surface area contributed by atoms with E-state index in [1.807, 2.05) is 0 Å². The first-order valence-electron chi connectivity index (χ1n) is 6.61. The van der Waals surface area contributed by atoms with Crippen molar-refractivity contribution in [2.24, 2.45) is 5.92 Å². The summed E-state index contributed by atoms with van der Waals surface area (Å²) in [6, 6.07) is 0.820. The Balaban J connectivity index is 2.30. The fourth-order valence-corrected chi connectivity index (χ4v) is 2.68. The third-order valence-electron chi connectivity index (χ3n) is 3.48. The Bertz CT molecular complexity index is 127. The van der Waals surface area contributed by atoms with E-state index < -0.39 is 0 Å². The Hall–Kier alpha value is -0.0400. The van der Waals surface area contributed by atoms with Crippen LogP contribution in [0.5, 0.6) is 0 Å². The van der Waals surface area contributed by atoms with Gasteiger partial charge in [0.1, 0.15) is 0 Å². The molecule has 1 saturated carbocycles. The first-order chi connectivity index (χ1) is 6.88. The lowest BCUT2D eigenvalue weighted by Gasteiger charge is -2.31. The van der Waals surface area contributed by atoms with E-state index in [0.717, 1.165) is 12.0 Å². The van der Waals surface area contributed by atoms with Crippen LogP contribution in [0.15, 0.2) is 0 Å². The van der Waals surface area contributed by atoms with Crippen molar-refractivity contribution < 1.29 is 0 Å². The molecule has 0 heterocycles. The molecule has 1 atom stereocenters. The van der Waals surface area contributed by atoms with Crippen LogP contribution in [0.25, 0.3) is 0 Å². The average Bonchev–Trinajstić information content (AvgIpc) is 2.25. The van der Waals surface area contributed by atoms with Gasteiger partial charge in [-0.15, -0.1) is 0 Å². The molecule has 1 aliphatic rings. The smallest absolute Gasteiger partial charge is 0.00952 e. The molecule has 84 valence electrons. The molecule has 0 bridgehead atoms. The summed E-state index contributed by atoms with van der Waals surface area (Å²) >= 11 is 0. The van der Waals surface area contributed by atoms with E-state index in [0.29, 0.717) is 0 Å². The molecular formula is C13H27N. The summed E-state index contributed by atoms with van der Waals surface area (Å²) in [6.45, 7) is 5.78. The number of rotatable bonds is 6. The van der Waals surface area contributed by atoms with Gasteiger partial charge in [-0.3, -0.25) is 0 Å². The zero-order valence-electron chi connectivity index (χ0n) is 10.0. The summed E-state index contributed by atoms with van der Waals surface area (Å²) in [5, 5.41) is 3.74. The van der Waals surface area contributed by atoms with Gasteiger partial charge in [-0.2, -0.15) is 0 Å². The second kappa shape index (κ2) is 7.28. The maximum atomic E-state index is 3.74. The summed E-state index contributed by atoms with van der Waals surface area (Å²) in [7, 11) is 0. The lowest BCUT2D eigenvalue weighted by Crippen LogP contribution is -2.37. The zero-order chi connectivity index (χ0) is 10.2. The predicted octanol–water partition coefficient (Wildman–Crippen LogP) is 3.74. The third-order valence-corrected chi connectivity index (χ3v) is 3.48. The summed E-state index contributed by atoms with van der Waals surface area (Å²) in [4.78, 5) is 0. The highest BCUT2D eigenvalue weighted by Gasteiger charge is 2.21. The average molecular weight is 197 g/mol. The Morgan fingerprint density at radius 1 is 1.07 bits per heavy atom. The van der Waals surface area contributed by atoms with Crippen LogP contribution in [-0.4, -0.2) is 12.6 Å². The first-order valence-corrected chi connectivity index (χ1v) is 6.61. The van der Waals surface area contributed by atoms with Crippen molar-refractivity contribution in [2.75, 3.05) is 6.54 Å². The predicted molar refractivity (Wildman–Crippen MR) is 63.6 cm³/mol. The van der Waals surface area contributed by atoms with Crippen LogP contribution >= 0.6 is 0 Å². The fraction of sp³-hybridized carbons (Fsp3) is 1.00. The molecular weight excluding hydrogens is 170 g/mol. The van der Waals surface area contributed by atoms with Gasteiger partial charge in [0.2, 0.25) is 0 Å². The van der Waals surface area contributed by atoms with E-state index in [4.69, 9.17) is 0 Å². The summed E-state index contributed by atoms with van der Waals surface area (Å²) < 4.78 is 0. The molecule has 0 aromatic rings. The van der Waals surface area contributed by atoms with Gasteiger partial charge in [-0.25, -0.2) is 0 Å². The Labute approximate surface area is 89.7 Å². The van der Waals surface area contributed by atoms with Crippen molar-refractivity contribution in [1.82, 2.24) is 5.32 Å². The van der Waals surface area contributed by atoms with Gasteiger partial charge >= 0.3 is 0 Å². The Morgan fingerprint density at radius 2 is 1.79 bits per heavy atom. The fourth-order valence-electron chi connectivity index (χ4n) is 2.68. The minimum atomic E-state index is 0.820. The Kier molecular flexibility index (Phi) is 6.25. The molecule has 14 heavy (non-hydrogen) atoms. The van der Waals surface area contributed by atoms with Gasteiger partial charge in [0.25, 0.3) is 0 Å². The SMILES string of the molecule is CCCNC(CCC)C1CCCCC1. The molecule has 0 aromatic heterocycles. The van der Waals surface area contributed by atoms with Gasteiger partial charge in [0.05, 0.1) is 0 Å². The van der Waals surface area contributed by atoms with Crippen LogP contribution in [0.1, 0.15) is 65.2 Å². The van der Waals surface area contributed by atoms with Crippen molar-refractivity contribution in [3.63, 3.8) is 0 Å². The minimum absolute atomic E-state index is 0.820. The molecule has 0 aromatic carbocycles. The van der Waals surface area contributed by atoms with Gasteiger partial charge in [0, 0.05) is 6.04 Å². The largest absolute Gasteiger partial charge is 0.314 e. The number of hydrogen-bond acceptors (Lipinski definition) is 1. The number of nitrogens with one attached hydrogen (secondary N) is 1. The third kappa shape index (κ3) is 4.00. The molecule has 1 fully saturated rings. The highest BCUT2D eigenvalue weighted by molar-refractivity contribution is 4.78. The molecule has 1 rings (SSSR count). The molecule has 1 nitrogen and oxygen atoms in total. The van der Waals surface area contributed by atoms with Gasteiger partial charge in [-0.05, 0) is 38.1 Å². The molecule has 1 unspecified atom stereocenters. The normalized spacial score (nSPS) is 21.0. The van der Waals surface area contributed by atoms with Crippen LogP contribution in [0.4, 0.5) is 0 Å². The van der Waals surface area contributed by atoms with E-state index in [1.54, 1.807) is 0 Å². The number of hydrogen-bond donors (Lipinski definition) is 1. The first kappa shape index (κ1) is 12.0.